The smallest absolute Gasteiger partial charge is 0.449 e. The van der Waals surface area contributed by atoms with Crippen LogP contribution >= 0.6 is 34.8 Å². The molecule has 0 fully saturated rings. The highest BCUT2D eigenvalue weighted by molar-refractivity contribution is 6.33. The van der Waals surface area contributed by atoms with Gasteiger partial charge < -0.3 is 9.84 Å². The molecule has 5 nitrogen and oxygen atoms in total. The van der Waals surface area contributed by atoms with Crippen LogP contribution in [0.5, 0.6) is 5.75 Å². The molecule has 14 heavy (non-hydrogen) atoms. The van der Waals surface area contributed by atoms with Gasteiger partial charge in [-0.3, -0.25) is 0 Å². The number of halogens is 3. The van der Waals surface area contributed by atoms with Crippen LogP contribution in [0.4, 0.5) is 4.79 Å². The van der Waals surface area contributed by atoms with Crippen molar-refractivity contribution in [2.75, 3.05) is 0 Å². The topological polar surface area (TPSA) is 72.3 Å². The normalized spacial score (nSPS) is 9.93. The minimum atomic E-state index is -1.52. The molecule has 0 amide bonds. The molecule has 76 valence electrons. The zero-order valence-electron chi connectivity index (χ0n) is 6.50. The molecule has 0 bridgehead atoms. The second-order valence-electron chi connectivity index (χ2n) is 2.06. The molecule has 0 aliphatic carbocycles. The Balaban J connectivity index is 3.18. The van der Waals surface area contributed by atoms with Crippen LogP contribution in [0.2, 0.25) is 10.4 Å². The molecule has 0 saturated carbocycles. The molecule has 1 rings (SSSR count). The van der Waals surface area contributed by atoms with Gasteiger partial charge >= 0.3 is 6.16 Å². The van der Waals surface area contributed by atoms with E-state index in [0.717, 1.165) is 0 Å². The van der Waals surface area contributed by atoms with E-state index in [-0.39, 0.29) is 27.8 Å². The lowest BCUT2D eigenvalue weighted by Gasteiger charge is -2.05. The Morgan fingerprint density at radius 1 is 1.43 bits per heavy atom. The standard InChI is InChI=1S/C6H3Cl3N2O3/c7-1-2-3(14-6(12)13)4(8)11-5(9)10-2/h1H2,(H,12,13). The van der Waals surface area contributed by atoms with Gasteiger partial charge in [0, 0.05) is 0 Å². The summed E-state index contributed by atoms with van der Waals surface area (Å²) in [6, 6.07) is 0. The van der Waals surface area contributed by atoms with Crippen LogP contribution in [0.3, 0.4) is 0 Å². The molecule has 8 heteroatoms. The first kappa shape index (κ1) is 11.3. The number of aromatic nitrogens is 2. The summed E-state index contributed by atoms with van der Waals surface area (Å²) in [5.74, 6) is -0.275. The number of carbonyl (C=O) groups is 1. The summed E-state index contributed by atoms with van der Waals surface area (Å²) in [4.78, 5) is 17.4. The zero-order chi connectivity index (χ0) is 10.7. The van der Waals surface area contributed by atoms with E-state index in [1.165, 1.54) is 0 Å². The van der Waals surface area contributed by atoms with Crippen molar-refractivity contribution in [1.82, 2.24) is 9.97 Å². The molecule has 1 aromatic rings. The van der Waals surface area contributed by atoms with Crippen LogP contribution in [0.15, 0.2) is 0 Å². The first-order chi connectivity index (χ1) is 6.54. The largest absolute Gasteiger partial charge is 0.511 e. The van der Waals surface area contributed by atoms with Crippen LogP contribution in [-0.4, -0.2) is 21.2 Å². The van der Waals surface area contributed by atoms with Crippen molar-refractivity contribution >= 4 is 41.0 Å². The van der Waals surface area contributed by atoms with Gasteiger partial charge in [-0.1, -0.05) is 11.6 Å². The van der Waals surface area contributed by atoms with Gasteiger partial charge in [0.05, 0.1) is 5.88 Å². The van der Waals surface area contributed by atoms with Crippen molar-refractivity contribution in [1.29, 1.82) is 0 Å². The van der Waals surface area contributed by atoms with Gasteiger partial charge in [-0.25, -0.2) is 14.8 Å². The highest BCUT2D eigenvalue weighted by Gasteiger charge is 2.16. The summed E-state index contributed by atoms with van der Waals surface area (Å²) < 4.78 is 4.34. The second kappa shape index (κ2) is 4.63. The highest BCUT2D eigenvalue weighted by atomic mass is 35.5. The van der Waals surface area contributed by atoms with Gasteiger partial charge in [0.15, 0.2) is 10.9 Å². The maximum absolute atomic E-state index is 10.3. The lowest BCUT2D eigenvalue weighted by atomic mass is 10.4. The fourth-order valence-corrected chi connectivity index (χ4v) is 1.36. The van der Waals surface area contributed by atoms with Gasteiger partial charge in [0.2, 0.25) is 5.28 Å². The van der Waals surface area contributed by atoms with E-state index in [9.17, 15) is 4.79 Å². The summed E-state index contributed by atoms with van der Waals surface area (Å²) >= 11 is 16.5. The molecule has 0 aliphatic heterocycles. The zero-order valence-corrected chi connectivity index (χ0v) is 8.77. The maximum Gasteiger partial charge on any atom is 0.511 e. The van der Waals surface area contributed by atoms with Crippen molar-refractivity contribution in [3.8, 4) is 5.75 Å². The third kappa shape index (κ3) is 2.60. The molecule has 0 atom stereocenters. The van der Waals surface area contributed by atoms with Gasteiger partial charge in [-0.05, 0) is 11.6 Å². The molecule has 1 N–H and O–H groups in total. The number of hydrogen-bond acceptors (Lipinski definition) is 4. The van der Waals surface area contributed by atoms with E-state index in [1.807, 2.05) is 0 Å². The fraction of sp³-hybridized carbons (Fsp3) is 0.167. The van der Waals surface area contributed by atoms with Gasteiger partial charge in [0.25, 0.3) is 0 Å². The number of rotatable bonds is 2. The van der Waals surface area contributed by atoms with E-state index in [4.69, 9.17) is 39.9 Å². The molecular formula is C6H3Cl3N2O3. The van der Waals surface area contributed by atoms with Crippen molar-refractivity contribution in [2.24, 2.45) is 0 Å². The quantitative estimate of drug-likeness (QED) is 0.381. The van der Waals surface area contributed by atoms with E-state index < -0.39 is 6.16 Å². The van der Waals surface area contributed by atoms with Crippen LogP contribution in [0, 0.1) is 0 Å². The number of carboxylic acid groups (broad SMARTS) is 1. The average Bonchev–Trinajstić information content (AvgIpc) is 2.08. The molecule has 0 unspecified atom stereocenters. The van der Waals surface area contributed by atoms with Gasteiger partial charge in [0.1, 0.15) is 5.69 Å². The third-order valence-corrected chi connectivity index (χ3v) is 1.86. The fourth-order valence-electron chi connectivity index (χ4n) is 0.717. The van der Waals surface area contributed by atoms with E-state index in [1.54, 1.807) is 0 Å². The Hall–Kier alpha value is -0.780. The molecule has 0 aromatic carbocycles. The Morgan fingerprint density at radius 3 is 2.57 bits per heavy atom. The Morgan fingerprint density at radius 2 is 2.07 bits per heavy atom. The third-order valence-electron chi connectivity index (χ3n) is 1.18. The number of nitrogens with zero attached hydrogens (tertiary/aromatic N) is 2. The summed E-state index contributed by atoms with van der Waals surface area (Å²) in [7, 11) is 0. The van der Waals surface area contributed by atoms with E-state index in [2.05, 4.69) is 14.7 Å². The molecule has 1 heterocycles. The first-order valence-corrected chi connectivity index (χ1v) is 4.52. The van der Waals surface area contributed by atoms with Crippen molar-refractivity contribution < 1.29 is 14.6 Å². The molecular weight excluding hydrogens is 254 g/mol. The highest BCUT2D eigenvalue weighted by Crippen LogP contribution is 2.28. The lowest BCUT2D eigenvalue weighted by molar-refractivity contribution is 0.143. The van der Waals surface area contributed by atoms with Gasteiger partial charge in [-0.15, -0.1) is 11.6 Å². The lowest BCUT2D eigenvalue weighted by Crippen LogP contribution is -2.07. The molecule has 0 spiro atoms. The monoisotopic (exact) mass is 256 g/mol. The average molecular weight is 257 g/mol. The van der Waals surface area contributed by atoms with Crippen molar-refractivity contribution in [2.45, 2.75) is 5.88 Å². The van der Waals surface area contributed by atoms with Gasteiger partial charge in [-0.2, -0.15) is 0 Å². The Labute approximate surface area is 93.6 Å². The summed E-state index contributed by atoms with van der Waals surface area (Å²) in [6.45, 7) is 0. The number of ether oxygens (including phenoxy) is 1. The predicted octanol–water partition coefficient (Wildman–Crippen LogP) is 2.58. The molecule has 0 aliphatic rings. The van der Waals surface area contributed by atoms with Crippen molar-refractivity contribution in [3.05, 3.63) is 16.1 Å². The number of hydrogen-bond donors (Lipinski definition) is 1. The molecule has 0 saturated heterocycles. The van der Waals surface area contributed by atoms with Crippen molar-refractivity contribution in [3.63, 3.8) is 0 Å². The molecule has 1 aromatic heterocycles. The maximum atomic E-state index is 10.3. The minimum absolute atomic E-state index is 0.0788. The first-order valence-electron chi connectivity index (χ1n) is 3.23. The predicted molar refractivity (Wildman–Crippen MR) is 50.3 cm³/mol. The van der Waals surface area contributed by atoms with Crippen LogP contribution in [0.1, 0.15) is 5.69 Å². The Bertz CT molecular complexity index is 372. The molecule has 0 radical (unpaired) electrons. The summed E-state index contributed by atoms with van der Waals surface area (Å²) in [6.07, 6.45) is -1.52. The SMILES string of the molecule is O=C(O)Oc1c(Cl)nc(Cl)nc1CCl. The minimum Gasteiger partial charge on any atom is -0.449 e. The van der Waals surface area contributed by atoms with E-state index >= 15 is 0 Å². The van der Waals surface area contributed by atoms with Crippen LogP contribution in [-0.2, 0) is 5.88 Å². The van der Waals surface area contributed by atoms with Crippen LogP contribution in [0.25, 0.3) is 0 Å². The summed E-state index contributed by atoms with van der Waals surface area (Å²) in [5.41, 5.74) is 0.124. The number of alkyl halides is 1. The van der Waals surface area contributed by atoms with Crippen LogP contribution < -0.4 is 4.74 Å². The van der Waals surface area contributed by atoms with E-state index in [0.29, 0.717) is 0 Å². The summed E-state index contributed by atoms with van der Waals surface area (Å²) in [5, 5.41) is 8.05. The Kier molecular flexibility index (Phi) is 3.74. The second-order valence-corrected chi connectivity index (χ2v) is 3.02.